The van der Waals surface area contributed by atoms with E-state index in [-0.39, 0.29) is 11.5 Å². The Morgan fingerprint density at radius 3 is 2.71 bits per heavy atom. The highest BCUT2D eigenvalue weighted by Gasteiger charge is 2.28. The van der Waals surface area contributed by atoms with Crippen LogP contribution in [0.5, 0.6) is 0 Å². The van der Waals surface area contributed by atoms with Crippen molar-refractivity contribution < 1.29 is 14.7 Å². The summed E-state index contributed by atoms with van der Waals surface area (Å²) in [5.74, 6) is -1.62. The summed E-state index contributed by atoms with van der Waals surface area (Å²) in [6.45, 7) is 1.15. The molecule has 2 N–H and O–H groups in total. The van der Waals surface area contributed by atoms with Crippen molar-refractivity contribution in [2.45, 2.75) is 19.4 Å². The van der Waals surface area contributed by atoms with Gasteiger partial charge in [0.2, 0.25) is 0 Å². The zero-order chi connectivity index (χ0) is 17.5. The number of nitriles is 1. The molecule has 126 valence electrons. The van der Waals surface area contributed by atoms with Crippen molar-refractivity contribution in [2.75, 3.05) is 13.1 Å². The van der Waals surface area contributed by atoms with Gasteiger partial charge in [-0.2, -0.15) is 5.26 Å². The number of aliphatic carboxylic acids is 1. The summed E-state index contributed by atoms with van der Waals surface area (Å²) in [5, 5.41) is 21.7. The molecule has 0 atom stereocenters. The van der Waals surface area contributed by atoms with Gasteiger partial charge in [-0.15, -0.1) is 0 Å². The van der Waals surface area contributed by atoms with E-state index in [0.29, 0.717) is 37.5 Å². The summed E-state index contributed by atoms with van der Waals surface area (Å²) < 4.78 is 0. The molecule has 1 aromatic carbocycles. The lowest BCUT2D eigenvalue weighted by atomic mass is 9.97. The van der Waals surface area contributed by atoms with Gasteiger partial charge in [0, 0.05) is 30.9 Å². The summed E-state index contributed by atoms with van der Waals surface area (Å²) in [4.78, 5) is 24.8. The highest BCUT2D eigenvalue weighted by Crippen LogP contribution is 2.18. The molecule has 1 amide bonds. The molecule has 0 saturated carbocycles. The van der Waals surface area contributed by atoms with Crippen LogP contribution in [-0.2, 0) is 16.1 Å². The minimum atomic E-state index is -0.832. The fourth-order valence-electron chi connectivity index (χ4n) is 2.56. The maximum Gasteiger partial charge on any atom is 0.306 e. The van der Waals surface area contributed by atoms with E-state index < -0.39 is 11.9 Å². The number of rotatable bonds is 5. The summed E-state index contributed by atoms with van der Waals surface area (Å²) in [6, 6.07) is 9.18. The Morgan fingerprint density at radius 2 is 2.12 bits per heavy atom. The second-order valence-electron chi connectivity index (χ2n) is 5.59. The van der Waals surface area contributed by atoms with Gasteiger partial charge >= 0.3 is 5.97 Å². The summed E-state index contributed by atoms with van der Waals surface area (Å²) in [6.07, 6.45) is 2.22. The topological polar surface area (TPSA) is 93.4 Å². The van der Waals surface area contributed by atoms with Crippen molar-refractivity contribution in [1.29, 1.82) is 5.26 Å². The van der Waals surface area contributed by atoms with Gasteiger partial charge in [-0.05, 0) is 30.5 Å². The number of nitrogens with one attached hydrogen (secondary N) is 1. The smallest absolute Gasteiger partial charge is 0.306 e. The van der Waals surface area contributed by atoms with Crippen molar-refractivity contribution in [2.24, 2.45) is 5.92 Å². The highest BCUT2D eigenvalue weighted by atomic mass is 35.5. The Balaban J connectivity index is 1.92. The molecule has 0 bridgehead atoms. The number of amides is 1. The van der Waals surface area contributed by atoms with Gasteiger partial charge in [0.1, 0.15) is 11.6 Å². The van der Waals surface area contributed by atoms with E-state index in [4.69, 9.17) is 16.7 Å². The molecule has 7 heteroatoms. The van der Waals surface area contributed by atoms with Crippen molar-refractivity contribution >= 4 is 23.5 Å². The highest BCUT2D eigenvalue weighted by molar-refractivity contribution is 6.30. The SMILES string of the molecule is N#C/C(=C/NCc1cccc(Cl)c1)C(=O)N1CCC(C(=O)O)CC1. The van der Waals surface area contributed by atoms with Crippen LogP contribution in [0.15, 0.2) is 36.0 Å². The van der Waals surface area contributed by atoms with E-state index in [0.717, 1.165) is 5.56 Å². The molecule has 1 aliphatic heterocycles. The van der Waals surface area contributed by atoms with Gasteiger partial charge in [0.05, 0.1) is 5.92 Å². The average Bonchev–Trinajstić information content (AvgIpc) is 2.58. The van der Waals surface area contributed by atoms with Crippen molar-refractivity contribution in [1.82, 2.24) is 10.2 Å². The van der Waals surface area contributed by atoms with Gasteiger partial charge in [-0.1, -0.05) is 23.7 Å². The molecule has 1 aromatic rings. The third-order valence-electron chi connectivity index (χ3n) is 3.92. The van der Waals surface area contributed by atoms with Crippen LogP contribution in [0, 0.1) is 17.2 Å². The first kappa shape index (κ1) is 17.8. The second kappa shape index (κ2) is 8.37. The van der Waals surface area contributed by atoms with Crippen LogP contribution >= 0.6 is 11.6 Å². The number of hydrogen-bond acceptors (Lipinski definition) is 4. The number of nitrogens with zero attached hydrogens (tertiary/aromatic N) is 2. The molecule has 0 unspecified atom stereocenters. The Hall–Kier alpha value is -2.52. The minimum absolute atomic E-state index is 0.00537. The average molecular weight is 348 g/mol. The molecule has 1 heterocycles. The lowest BCUT2D eigenvalue weighted by Crippen LogP contribution is -2.41. The van der Waals surface area contributed by atoms with Crippen LogP contribution in [0.3, 0.4) is 0 Å². The second-order valence-corrected chi connectivity index (χ2v) is 6.02. The molecular formula is C17H18ClN3O3. The number of halogens is 1. The zero-order valence-electron chi connectivity index (χ0n) is 13.0. The van der Waals surface area contributed by atoms with Gasteiger partial charge in [-0.3, -0.25) is 9.59 Å². The van der Waals surface area contributed by atoms with Crippen LogP contribution < -0.4 is 5.32 Å². The van der Waals surface area contributed by atoms with Gasteiger partial charge in [0.15, 0.2) is 0 Å². The number of carbonyl (C=O) groups is 2. The molecule has 24 heavy (non-hydrogen) atoms. The van der Waals surface area contributed by atoms with Gasteiger partial charge < -0.3 is 15.3 Å². The van der Waals surface area contributed by atoms with Crippen molar-refractivity contribution in [3.05, 3.63) is 46.6 Å². The molecular weight excluding hydrogens is 330 g/mol. The number of likely N-dealkylation sites (tertiary alicyclic amines) is 1. The first-order valence-corrected chi connectivity index (χ1v) is 7.99. The lowest BCUT2D eigenvalue weighted by Gasteiger charge is -2.29. The molecule has 0 aromatic heterocycles. The van der Waals surface area contributed by atoms with E-state index >= 15 is 0 Å². The summed E-state index contributed by atoms with van der Waals surface area (Å²) in [7, 11) is 0. The molecule has 0 spiro atoms. The number of carboxylic acids is 1. The van der Waals surface area contributed by atoms with Crippen LogP contribution in [0.2, 0.25) is 5.02 Å². The molecule has 1 aliphatic rings. The third-order valence-corrected chi connectivity index (χ3v) is 4.16. The van der Waals surface area contributed by atoms with E-state index in [1.807, 2.05) is 18.2 Å². The molecule has 0 radical (unpaired) electrons. The molecule has 1 fully saturated rings. The maximum atomic E-state index is 12.3. The molecule has 6 nitrogen and oxygen atoms in total. The maximum absolute atomic E-state index is 12.3. The Kier molecular flexibility index (Phi) is 6.21. The lowest BCUT2D eigenvalue weighted by molar-refractivity contribution is -0.145. The Labute approximate surface area is 145 Å². The predicted molar refractivity (Wildman–Crippen MR) is 88.9 cm³/mol. The van der Waals surface area contributed by atoms with Crippen molar-refractivity contribution in [3.63, 3.8) is 0 Å². The van der Waals surface area contributed by atoms with Crippen LogP contribution in [-0.4, -0.2) is 35.0 Å². The fraction of sp³-hybridized carbons (Fsp3) is 0.353. The first-order valence-electron chi connectivity index (χ1n) is 7.61. The number of carboxylic acid groups (broad SMARTS) is 1. The predicted octanol–water partition coefficient (Wildman–Crippen LogP) is 2.16. The van der Waals surface area contributed by atoms with E-state index in [2.05, 4.69) is 5.32 Å². The quantitative estimate of drug-likeness (QED) is 0.629. The van der Waals surface area contributed by atoms with Crippen LogP contribution in [0.4, 0.5) is 0 Å². The summed E-state index contributed by atoms with van der Waals surface area (Å²) >= 11 is 5.90. The fourth-order valence-corrected chi connectivity index (χ4v) is 2.77. The minimum Gasteiger partial charge on any atom is -0.481 e. The number of hydrogen-bond donors (Lipinski definition) is 2. The van der Waals surface area contributed by atoms with E-state index in [9.17, 15) is 14.9 Å². The van der Waals surface area contributed by atoms with Crippen LogP contribution in [0.25, 0.3) is 0 Å². The van der Waals surface area contributed by atoms with E-state index in [1.165, 1.54) is 11.1 Å². The van der Waals surface area contributed by atoms with Gasteiger partial charge in [0.25, 0.3) is 5.91 Å². The molecule has 0 aliphatic carbocycles. The molecule has 1 saturated heterocycles. The Bertz CT molecular complexity index is 689. The molecule has 2 rings (SSSR count). The number of benzene rings is 1. The van der Waals surface area contributed by atoms with Crippen LogP contribution in [0.1, 0.15) is 18.4 Å². The zero-order valence-corrected chi connectivity index (χ0v) is 13.8. The number of carbonyl (C=O) groups excluding carboxylic acids is 1. The Morgan fingerprint density at radius 1 is 1.42 bits per heavy atom. The third kappa shape index (κ3) is 4.74. The largest absolute Gasteiger partial charge is 0.481 e. The normalized spacial score (nSPS) is 15.7. The van der Waals surface area contributed by atoms with Gasteiger partial charge in [-0.25, -0.2) is 0 Å². The monoisotopic (exact) mass is 347 g/mol. The first-order chi connectivity index (χ1) is 11.5. The standard InChI is InChI=1S/C17H18ClN3O3/c18-15-3-1-2-12(8-15)10-20-11-14(9-19)16(22)21-6-4-13(5-7-21)17(23)24/h1-3,8,11,13,20H,4-7,10H2,(H,23,24)/b14-11-. The van der Waals surface area contributed by atoms with E-state index in [1.54, 1.807) is 12.1 Å². The number of piperidine rings is 1. The summed E-state index contributed by atoms with van der Waals surface area (Å²) in [5.41, 5.74) is 0.941. The van der Waals surface area contributed by atoms with Crippen molar-refractivity contribution in [3.8, 4) is 6.07 Å².